The monoisotopic (exact) mass is 232 g/mol. The molecule has 7 heteroatoms. The molecule has 0 aliphatic rings. The Hall–Kier alpha value is -2.44. The quantitative estimate of drug-likeness (QED) is 0.726. The lowest BCUT2D eigenvalue weighted by Gasteiger charge is -2.10. The number of pyridine rings is 1. The Morgan fingerprint density at radius 2 is 2.29 bits per heavy atom. The number of carbonyl (C=O) groups excluding carboxylic acids is 1. The molecule has 0 saturated heterocycles. The number of nitrogens with zero attached hydrogens (tertiary/aromatic N) is 4. The number of amides is 1. The van der Waals surface area contributed by atoms with E-state index in [2.05, 4.69) is 20.4 Å². The van der Waals surface area contributed by atoms with Crippen molar-refractivity contribution < 1.29 is 4.79 Å². The fourth-order valence-corrected chi connectivity index (χ4v) is 1.42. The van der Waals surface area contributed by atoms with E-state index in [0.717, 1.165) is 0 Å². The van der Waals surface area contributed by atoms with Gasteiger partial charge in [-0.25, -0.2) is 9.97 Å². The van der Waals surface area contributed by atoms with Crippen molar-refractivity contribution in [1.29, 1.82) is 0 Å². The van der Waals surface area contributed by atoms with E-state index in [1.54, 1.807) is 23.0 Å². The molecule has 2 rings (SSSR count). The van der Waals surface area contributed by atoms with Crippen molar-refractivity contribution in [3.63, 3.8) is 0 Å². The number of rotatable bonds is 4. The number of nitrogen functional groups attached to an aromatic ring is 1. The molecule has 0 aliphatic carbocycles. The highest BCUT2D eigenvalue weighted by Gasteiger charge is 2.13. The van der Waals surface area contributed by atoms with Crippen LogP contribution in [0.3, 0.4) is 0 Å². The van der Waals surface area contributed by atoms with Gasteiger partial charge in [-0.3, -0.25) is 4.79 Å². The first-order valence-electron chi connectivity index (χ1n) is 5.04. The Kier molecular flexibility index (Phi) is 2.99. The van der Waals surface area contributed by atoms with E-state index in [1.807, 2.05) is 6.92 Å². The van der Waals surface area contributed by atoms with Crippen LogP contribution in [-0.2, 0) is 4.79 Å². The van der Waals surface area contributed by atoms with Gasteiger partial charge in [0.05, 0.1) is 17.9 Å². The Labute approximate surface area is 97.7 Å². The summed E-state index contributed by atoms with van der Waals surface area (Å²) in [6, 6.07) is 3.22. The fraction of sp³-hybridized carbons (Fsp3) is 0.200. The van der Waals surface area contributed by atoms with Gasteiger partial charge in [-0.2, -0.15) is 9.78 Å². The van der Waals surface area contributed by atoms with E-state index >= 15 is 0 Å². The maximum Gasteiger partial charge on any atom is 0.207 e. The summed E-state index contributed by atoms with van der Waals surface area (Å²) >= 11 is 0. The lowest BCUT2D eigenvalue weighted by molar-refractivity contribution is -0.110. The normalized spacial score (nSPS) is 12.1. The van der Waals surface area contributed by atoms with Crippen LogP contribution in [0, 0.1) is 0 Å². The molecule has 0 aliphatic heterocycles. The van der Waals surface area contributed by atoms with Gasteiger partial charge in [0, 0.05) is 0 Å². The molecule has 1 amide bonds. The summed E-state index contributed by atoms with van der Waals surface area (Å²) in [6.45, 7) is 1.81. The first-order valence-corrected chi connectivity index (χ1v) is 5.04. The van der Waals surface area contributed by atoms with E-state index in [-0.39, 0.29) is 6.04 Å². The standard InChI is InChI=1S/C10H12N6O/c1-7(14-6-17)10-13-5-15-16(10)9-3-2-8(11)4-12-9/h2-7H,11H2,1H3,(H,14,17). The van der Waals surface area contributed by atoms with Gasteiger partial charge in [0.1, 0.15) is 6.33 Å². The molecule has 2 aromatic heterocycles. The molecule has 2 aromatic rings. The SMILES string of the molecule is CC(NC=O)c1ncnn1-c1ccc(N)cn1. The molecular formula is C10H12N6O. The Morgan fingerprint density at radius 3 is 2.94 bits per heavy atom. The van der Waals surface area contributed by atoms with Crippen LogP contribution in [0.2, 0.25) is 0 Å². The first-order chi connectivity index (χ1) is 8.22. The molecule has 0 saturated carbocycles. The predicted octanol–water partition coefficient (Wildman–Crippen LogP) is 0.0515. The maximum atomic E-state index is 10.4. The number of hydrogen-bond acceptors (Lipinski definition) is 5. The number of hydrogen-bond donors (Lipinski definition) is 2. The number of anilines is 1. The van der Waals surface area contributed by atoms with Crippen LogP contribution in [0.1, 0.15) is 18.8 Å². The number of aromatic nitrogens is 4. The van der Waals surface area contributed by atoms with E-state index in [0.29, 0.717) is 23.7 Å². The van der Waals surface area contributed by atoms with Gasteiger partial charge in [-0.05, 0) is 19.1 Å². The highest BCUT2D eigenvalue weighted by Crippen LogP contribution is 2.13. The summed E-state index contributed by atoms with van der Waals surface area (Å²) in [5, 5.41) is 6.68. The van der Waals surface area contributed by atoms with E-state index in [4.69, 9.17) is 5.73 Å². The Balaban J connectivity index is 2.36. The van der Waals surface area contributed by atoms with Crippen LogP contribution in [-0.4, -0.2) is 26.2 Å². The lowest BCUT2D eigenvalue weighted by atomic mass is 10.3. The zero-order valence-electron chi connectivity index (χ0n) is 9.24. The molecule has 88 valence electrons. The molecule has 1 atom stereocenters. The molecule has 17 heavy (non-hydrogen) atoms. The lowest BCUT2D eigenvalue weighted by Crippen LogP contribution is -2.20. The first kappa shape index (κ1) is 11.1. The van der Waals surface area contributed by atoms with Gasteiger partial charge >= 0.3 is 0 Å². The van der Waals surface area contributed by atoms with Crippen LogP contribution < -0.4 is 11.1 Å². The van der Waals surface area contributed by atoms with E-state index < -0.39 is 0 Å². The molecule has 0 spiro atoms. The zero-order valence-corrected chi connectivity index (χ0v) is 9.24. The Morgan fingerprint density at radius 1 is 1.47 bits per heavy atom. The van der Waals surface area contributed by atoms with Crippen molar-refractivity contribution in [2.24, 2.45) is 0 Å². The molecule has 0 bridgehead atoms. The second kappa shape index (κ2) is 4.60. The van der Waals surface area contributed by atoms with Crippen molar-refractivity contribution in [2.45, 2.75) is 13.0 Å². The third kappa shape index (κ3) is 2.22. The van der Waals surface area contributed by atoms with Gasteiger partial charge in [0.2, 0.25) is 6.41 Å². The van der Waals surface area contributed by atoms with Gasteiger partial charge in [0.15, 0.2) is 11.6 Å². The molecule has 7 nitrogen and oxygen atoms in total. The minimum Gasteiger partial charge on any atom is -0.397 e. The maximum absolute atomic E-state index is 10.4. The summed E-state index contributed by atoms with van der Waals surface area (Å²) < 4.78 is 1.56. The summed E-state index contributed by atoms with van der Waals surface area (Å²) in [5.41, 5.74) is 6.14. The summed E-state index contributed by atoms with van der Waals surface area (Å²) in [4.78, 5) is 18.6. The molecule has 1 unspecified atom stereocenters. The number of carbonyl (C=O) groups is 1. The van der Waals surface area contributed by atoms with Crippen LogP contribution in [0.15, 0.2) is 24.7 Å². The minimum atomic E-state index is -0.241. The molecule has 0 fully saturated rings. The van der Waals surface area contributed by atoms with E-state index in [1.165, 1.54) is 6.33 Å². The average Bonchev–Trinajstić information content (AvgIpc) is 2.79. The van der Waals surface area contributed by atoms with Crippen LogP contribution in [0.25, 0.3) is 5.82 Å². The van der Waals surface area contributed by atoms with Gasteiger partial charge < -0.3 is 11.1 Å². The second-order valence-corrected chi connectivity index (χ2v) is 3.49. The zero-order chi connectivity index (χ0) is 12.3. The topological polar surface area (TPSA) is 98.7 Å². The third-order valence-electron chi connectivity index (χ3n) is 2.27. The molecule has 0 aromatic carbocycles. The number of nitrogens with two attached hydrogens (primary N) is 1. The highest BCUT2D eigenvalue weighted by molar-refractivity contribution is 5.47. The van der Waals surface area contributed by atoms with Crippen LogP contribution in [0.5, 0.6) is 0 Å². The van der Waals surface area contributed by atoms with Crippen molar-refractivity contribution in [3.8, 4) is 5.82 Å². The van der Waals surface area contributed by atoms with Gasteiger partial charge in [-0.1, -0.05) is 0 Å². The van der Waals surface area contributed by atoms with Crippen molar-refractivity contribution in [1.82, 2.24) is 25.1 Å². The average molecular weight is 232 g/mol. The number of nitrogens with one attached hydrogen (secondary N) is 1. The highest BCUT2D eigenvalue weighted by atomic mass is 16.1. The smallest absolute Gasteiger partial charge is 0.207 e. The third-order valence-corrected chi connectivity index (χ3v) is 2.27. The molecule has 3 N–H and O–H groups in total. The summed E-state index contributed by atoms with van der Waals surface area (Å²) in [7, 11) is 0. The summed E-state index contributed by atoms with van der Waals surface area (Å²) in [6.07, 6.45) is 3.58. The fourth-order valence-electron chi connectivity index (χ4n) is 1.42. The molecule has 2 heterocycles. The van der Waals surface area contributed by atoms with Gasteiger partial charge in [-0.15, -0.1) is 0 Å². The van der Waals surface area contributed by atoms with Gasteiger partial charge in [0.25, 0.3) is 0 Å². The largest absolute Gasteiger partial charge is 0.397 e. The minimum absolute atomic E-state index is 0.241. The second-order valence-electron chi connectivity index (χ2n) is 3.49. The molecule has 0 radical (unpaired) electrons. The van der Waals surface area contributed by atoms with Crippen LogP contribution in [0.4, 0.5) is 5.69 Å². The molecular weight excluding hydrogens is 220 g/mol. The van der Waals surface area contributed by atoms with Crippen LogP contribution >= 0.6 is 0 Å². The van der Waals surface area contributed by atoms with E-state index in [9.17, 15) is 4.79 Å². The predicted molar refractivity (Wildman–Crippen MR) is 61.2 cm³/mol. The van der Waals surface area contributed by atoms with Crippen molar-refractivity contribution >= 4 is 12.1 Å². The van der Waals surface area contributed by atoms with Crippen molar-refractivity contribution in [3.05, 3.63) is 30.5 Å². The van der Waals surface area contributed by atoms with Crippen molar-refractivity contribution in [2.75, 3.05) is 5.73 Å². The summed E-state index contributed by atoms with van der Waals surface area (Å²) in [5.74, 6) is 1.21. The Bertz CT molecular complexity index is 506.